The highest BCUT2D eigenvalue weighted by Crippen LogP contribution is 2.31. The van der Waals surface area contributed by atoms with Crippen LogP contribution in [0.3, 0.4) is 0 Å². The molecule has 3 N–H and O–H groups in total. The van der Waals surface area contributed by atoms with Crippen molar-refractivity contribution >= 4 is 28.7 Å². The van der Waals surface area contributed by atoms with Crippen LogP contribution in [0, 0.1) is 25.5 Å². The van der Waals surface area contributed by atoms with Crippen LogP contribution in [0.5, 0.6) is 0 Å². The first-order valence-electron chi connectivity index (χ1n) is 9.82. The van der Waals surface area contributed by atoms with E-state index in [0.29, 0.717) is 23.0 Å². The third-order valence-corrected chi connectivity index (χ3v) is 5.54. The summed E-state index contributed by atoms with van der Waals surface area (Å²) in [5.74, 6) is -0.840. The van der Waals surface area contributed by atoms with Crippen LogP contribution in [0.4, 0.5) is 37.5 Å². The Morgan fingerprint density at radius 2 is 1.67 bits per heavy atom. The molecule has 30 heavy (non-hydrogen) atoms. The first-order valence-corrected chi connectivity index (χ1v) is 9.82. The molecule has 0 aliphatic carbocycles. The van der Waals surface area contributed by atoms with E-state index in [9.17, 15) is 8.78 Å². The number of nitrogens with one attached hydrogen (secondary N) is 1. The van der Waals surface area contributed by atoms with Gasteiger partial charge in [0.1, 0.15) is 12.0 Å². The molecule has 1 aromatic heterocycles. The van der Waals surface area contributed by atoms with Gasteiger partial charge in [0, 0.05) is 43.6 Å². The normalized spacial score (nSPS) is 14.1. The van der Waals surface area contributed by atoms with Crippen molar-refractivity contribution in [2.45, 2.75) is 13.8 Å². The third-order valence-electron chi connectivity index (χ3n) is 5.54. The van der Waals surface area contributed by atoms with E-state index in [2.05, 4.69) is 57.1 Å². The molecule has 0 atom stereocenters. The molecule has 2 aromatic carbocycles. The molecular formula is C22H24F2N6. The molecule has 1 aliphatic rings. The van der Waals surface area contributed by atoms with Crippen molar-refractivity contribution in [2.75, 3.05) is 47.0 Å². The second kappa shape index (κ2) is 8.14. The van der Waals surface area contributed by atoms with Crippen molar-refractivity contribution in [3.05, 3.63) is 65.5 Å². The van der Waals surface area contributed by atoms with Crippen LogP contribution >= 0.6 is 0 Å². The Hall–Kier alpha value is -3.42. The van der Waals surface area contributed by atoms with Crippen LogP contribution < -0.4 is 20.9 Å². The molecule has 0 unspecified atom stereocenters. The van der Waals surface area contributed by atoms with Crippen LogP contribution in [-0.2, 0) is 0 Å². The van der Waals surface area contributed by atoms with E-state index in [1.807, 2.05) is 0 Å². The van der Waals surface area contributed by atoms with Gasteiger partial charge in [-0.05, 0) is 43.2 Å². The Labute approximate surface area is 174 Å². The summed E-state index contributed by atoms with van der Waals surface area (Å²) in [6.07, 6.45) is 1.42. The van der Waals surface area contributed by atoms with E-state index in [0.717, 1.165) is 38.3 Å². The van der Waals surface area contributed by atoms with Crippen LogP contribution in [0.2, 0.25) is 0 Å². The lowest BCUT2D eigenvalue weighted by Crippen LogP contribution is -2.47. The van der Waals surface area contributed by atoms with Gasteiger partial charge in [0.15, 0.2) is 23.3 Å². The average Bonchev–Trinajstić information content (AvgIpc) is 2.74. The molecule has 1 aliphatic heterocycles. The highest BCUT2D eigenvalue weighted by molar-refractivity contribution is 5.78. The number of rotatable bonds is 4. The number of hydrogen-bond acceptors (Lipinski definition) is 6. The van der Waals surface area contributed by atoms with E-state index in [-0.39, 0.29) is 0 Å². The summed E-state index contributed by atoms with van der Waals surface area (Å²) in [6.45, 7) is 7.49. The molecule has 0 spiro atoms. The molecule has 2 heterocycles. The molecule has 8 heteroatoms. The minimum atomic E-state index is -0.935. The summed E-state index contributed by atoms with van der Waals surface area (Å²) in [7, 11) is 0. The van der Waals surface area contributed by atoms with Gasteiger partial charge in [-0.1, -0.05) is 12.1 Å². The number of hydrogen-bond donors (Lipinski definition) is 2. The molecule has 0 saturated carbocycles. The van der Waals surface area contributed by atoms with Gasteiger partial charge < -0.3 is 20.9 Å². The lowest BCUT2D eigenvalue weighted by Gasteiger charge is -2.38. The van der Waals surface area contributed by atoms with Crippen molar-refractivity contribution in [3.63, 3.8) is 0 Å². The summed E-state index contributed by atoms with van der Waals surface area (Å²) in [5, 5.41) is 2.95. The van der Waals surface area contributed by atoms with Crippen molar-refractivity contribution in [2.24, 2.45) is 0 Å². The maximum absolute atomic E-state index is 13.5. The Balaban J connectivity index is 1.49. The zero-order chi connectivity index (χ0) is 21.3. The Bertz CT molecular complexity index is 1060. The first-order chi connectivity index (χ1) is 14.4. The fraction of sp³-hybridized carbons (Fsp3) is 0.273. The second-order valence-corrected chi connectivity index (χ2v) is 7.41. The first kappa shape index (κ1) is 19.9. The number of benzene rings is 2. The van der Waals surface area contributed by atoms with Gasteiger partial charge in [0.25, 0.3) is 0 Å². The number of halogens is 2. The van der Waals surface area contributed by atoms with Crippen molar-refractivity contribution in [1.82, 2.24) is 9.97 Å². The van der Waals surface area contributed by atoms with Crippen LogP contribution in [-0.4, -0.2) is 36.1 Å². The molecule has 1 saturated heterocycles. The van der Waals surface area contributed by atoms with E-state index in [1.54, 1.807) is 0 Å². The molecule has 3 aromatic rings. The Kier molecular flexibility index (Phi) is 5.39. The lowest BCUT2D eigenvalue weighted by atomic mass is 10.1. The molecule has 0 bridgehead atoms. The maximum atomic E-state index is 13.5. The SMILES string of the molecule is Cc1cccc(N2CCN(c3ncnc(Nc4ccc(F)c(F)c4)c3N)CC2)c1C. The van der Waals surface area contributed by atoms with Crippen LogP contribution in [0.25, 0.3) is 0 Å². The number of anilines is 5. The van der Waals surface area contributed by atoms with E-state index < -0.39 is 11.6 Å². The monoisotopic (exact) mass is 410 g/mol. The predicted molar refractivity (Wildman–Crippen MR) is 116 cm³/mol. The number of piperazine rings is 1. The standard InChI is InChI=1S/C22H24F2N6/c1-14-4-3-5-19(15(14)2)29-8-10-30(11-9-29)22-20(25)21(26-13-27-22)28-16-6-7-17(23)18(24)12-16/h3-7,12-13H,8-11,25H2,1-2H3,(H,26,27,28). The zero-order valence-electron chi connectivity index (χ0n) is 17.0. The number of nitrogen functional groups attached to an aromatic ring is 1. The van der Waals surface area contributed by atoms with E-state index in [4.69, 9.17) is 5.73 Å². The lowest BCUT2D eigenvalue weighted by molar-refractivity contribution is 0.509. The molecule has 0 amide bonds. The smallest absolute Gasteiger partial charge is 0.160 e. The zero-order valence-corrected chi connectivity index (χ0v) is 17.0. The summed E-state index contributed by atoms with van der Waals surface area (Å²) < 4.78 is 26.7. The number of aryl methyl sites for hydroxylation is 1. The van der Waals surface area contributed by atoms with Crippen LogP contribution in [0.15, 0.2) is 42.7 Å². The Morgan fingerprint density at radius 3 is 2.40 bits per heavy atom. The topological polar surface area (TPSA) is 70.3 Å². The van der Waals surface area contributed by atoms with E-state index >= 15 is 0 Å². The second-order valence-electron chi connectivity index (χ2n) is 7.41. The van der Waals surface area contributed by atoms with Gasteiger partial charge in [0.05, 0.1) is 0 Å². The Morgan fingerprint density at radius 1 is 0.933 bits per heavy atom. The minimum absolute atomic E-state index is 0.364. The summed E-state index contributed by atoms with van der Waals surface area (Å²) in [4.78, 5) is 13.0. The molecule has 0 radical (unpaired) electrons. The molecular weight excluding hydrogens is 386 g/mol. The van der Waals surface area contributed by atoms with Gasteiger partial charge in [-0.15, -0.1) is 0 Å². The highest BCUT2D eigenvalue weighted by Gasteiger charge is 2.22. The summed E-state index contributed by atoms with van der Waals surface area (Å²) in [6, 6.07) is 9.92. The highest BCUT2D eigenvalue weighted by atomic mass is 19.2. The predicted octanol–water partition coefficient (Wildman–Crippen LogP) is 4.02. The van der Waals surface area contributed by atoms with Gasteiger partial charge in [0.2, 0.25) is 0 Å². The summed E-state index contributed by atoms with van der Waals surface area (Å²) >= 11 is 0. The molecule has 6 nitrogen and oxygen atoms in total. The molecule has 156 valence electrons. The van der Waals surface area contributed by atoms with Gasteiger partial charge in [-0.2, -0.15) is 0 Å². The number of nitrogens with zero attached hydrogens (tertiary/aromatic N) is 4. The van der Waals surface area contributed by atoms with Crippen molar-refractivity contribution < 1.29 is 8.78 Å². The van der Waals surface area contributed by atoms with Crippen LogP contribution in [0.1, 0.15) is 11.1 Å². The quantitative estimate of drug-likeness (QED) is 0.677. The van der Waals surface area contributed by atoms with Crippen molar-refractivity contribution in [3.8, 4) is 0 Å². The van der Waals surface area contributed by atoms with Crippen molar-refractivity contribution in [1.29, 1.82) is 0 Å². The maximum Gasteiger partial charge on any atom is 0.160 e. The average molecular weight is 410 g/mol. The fourth-order valence-electron chi connectivity index (χ4n) is 3.69. The van der Waals surface area contributed by atoms with Gasteiger partial charge in [-0.25, -0.2) is 18.7 Å². The fourth-order valence-corrected chi connectivity index (χ4v) is 3.69. The summed E-state index contributed by atoms with van der Waals surface area (Å²) in [5.41, 5.74) is 10.9. The van der Waals surface area contributed by atoms with Gasteiger partial charge >= 0.3 is 0 Å². The molecule has 4 rings (SSSR count). The molecule has 1 fully saturated rings. The number of nitrogens with two attached hydrogens (primary N) is 1. The van der Waals surface area contributed by atoms with Gasteiger partial charge in [-0.3, -0.25) is 0 Å². The minimum Gasteiger partial charge on any atom is -0.393 e. The van der Waals surface area contributed by atoms with E-state index in [1.165, 1.54) is 29.2 Å². The number of aromatic nitrogens is 2. The largest absolute Gasteiger partial charge is 0.393 e. The third kappa shape index (κ3) is 3.85.